The Morgan fingerprint density at radius 1 is 1.52 bits per heavy atom. The summed E-state index contributed by atoms with van der Waals surface area (Å²) in [7, 11) is 1.40. The molecule has 0 saturated carbocycles. The third-order valence-electron chi connectivity index (χ3n) is 2.99. The molecule has 1 aromatic carbocycles. The third kappa shape index (κ3) is 4.15. The lowest BCUT2D eigenvalue weighted by Gasteiger charge is -2.21. The molecule has 1 rings (SSSR count). The van der Waals surface area contributed by atoms with Crippen LogP contribution in [-0.4, -0.2) is 37.3 Å². The summed E-state index contributed by atoms with van der Waals surface area (Å²) < 4.78 is 9.81. The SMILES string of the molecule is [CH2]c1cccc(C(COC)C(C(=O)OCC)[N+](=O)[O-])c1Cl. The molecule has 0 aliphatic heterocycles. The zero-order valence-electron chi connectivity index (χ0n) is 11.9. The van der Waals surface area contributed by atoms with Crippen LogP contribution in [0.1, 0.15) is 24.0 Å². The molecule has 0 N–H and O–H groups in total. The predicted octanol–water partition coefficient (Wildman–Crippen LogP) is 2.46. The van der Waals surface area contributed by atoms with Crippen molar-refractivity contribution in [3.63, 3.8) is 0 Å². The molecule has 6 nitrogen and oxygen atoms in total. The van der Waals surface area contributed by atoms with Gasteiger partial charge in [-0.2, -0.15) is 0 Å². The minimum Gasteiger partial charge on any atom is -0.461 e. The number of ether oxygens (including phenoxy) is 2. The summed E-state index contributed by atoms with van der Waals surface area (Å²) in [5.41, 5.74) is 0.974. The Kier molecular flexibility index (Phi) is 6.58. The molecule has 1 aromatic rings. The van der Waals surface area contributed by atoms with Gasteiger partial charge in [0.05, 0.1) is 19.1 Å². The van der Waals surface area contributed by atoms with Crippen molar-refractivity contribution in [3.8, 4) is 0 Å². The van der Waals surface area contributed by atoms with E-state index in [9.17, 15) is 14.9 Å². The summed E-state index contributed by atoms with van der Waals surface area (Å²) >= 11 is 6.16. The first-order valence-electron chi connectivity index (χ1n) is 6.33. The van der Waals surface area contributed by atoms with E-state index in [1.54, 1.807) is 25.1 Å². The quantitative estimate of drug-likeness (QED) is 0.439. The molecular formula is C14H17ClNO5. The average Bonchev–Trinajstić information content (AvgIpc) is 2.41. The molecule has 115 valence electrons. The zero-order chi connectivity index (χ0) is 16.0. The Labute approximate surface area is 128 Å². The van der Waals surface area contributed by atoms with Crippen LogP contribution >= 0.6 is 11.6 Å². The molecule has 2 atom stereocenters. The van der Waals surface area contributed by atoms with Crippen molar-refractivity contribution in [1.82, 2.24) is 0 Å². The van der Waals surface area contributed by atoms with Gasteiger partial charge in [0.2, 0.25) is 0 Å². The molecule has 0 amide bonds. The largest absolute Gasteiger partial charge is 0.461 e. The zero-order valence-corrected chi connectivity index (χ0v) is 12.6. The van der Waals surface area contributed by atoms with Crippen molar-refractivity contribution >= 4 is 17.6 Å². The molecule has 0 fully saturated rings. The van der Waals surface area contributed by atoms with Crippen molar-refractivity contribution < 1.29 is 19.2 Å². The highest BCUT2D eigenvalue weighted by Crippen LogP contribution is 2.31. The van der Waals surface area contributed by atoms with Gasteiger partial charge in [0.15, 0.2) is 0 Å². The minimum atomic E-state index is -1.58. The summed E-state index contributed by atoms with van der Waals surface area (Å²) in [6.45, 7) is 5.36. The first-order chi connectivity index (χ1) is 9.93. The molecule has 0 aliphatic carbocycles. The molecule has 0 spiro atoms. The van der Waals surface area contributed by atoms with E-state index in [0.717, 1.165) is 0 Å². The van der Waals surface area contributed by atoms with Crippen molar-refractivity contribution in [1.29, 1.82) is 0 Å². The van der Waals surface area contributed by atoms with E-state index in [-0.39, 0.29) is 18.2 Å². The van der Waals surface area contributed by atoms with E-state index in [0.29, 0.717) is 11.1 Å². The highest BCUT2D eigenvalue weighted by atomic mass is 35.5. The molecule has 0 aromatic heterocycles. The number of carbonyl (C=O) groups excluding carboxylic acids is 1. The van der Waals surface area contributed by atoms with E-state index in [2.05, 4.69) is 6.92 Å². The molecule has 1 radical (unpaired) electrons. The summed E-state index contributed by atoms with van der Waals surface area (Å²) in [6.07, 6.45) is 0. The van der Waals surface area contributed by atoms with Crippen LogP contribution in [0.15, 0.2) is 18.2 Å². The molecule has 0 bridgehead atoms. The molecular weight excluding hydrogens is 298 g/mol. The van der Waals surface area contributed by atoms with Crippen molar-refractivity contribution in [2.75, 3.05) is 20.3 Å². The standard InChI is InChI=1S/C14H17ClNO5/c1-4-21-14(17)13(16(18)19)11(8-20-3)10-7-5-6-9(2)12(10)15/h5-7,11,13H,2,4,8H2,1,3H3. The molecule has 2 unspecified atom stereocenters. The number of halogens is 1. The van der Waals surface area contributed by atoms with Gasteiger partial charge in [-0.3, -0.25) is 10.1 Å². The van der Waals surface area contributed by atoms with Crippen LogP contribution in [0.5, 0.6) is 0 Å². The van der Waals surface area contributed by atoms with Gasteiger partial charge in [0.1, 0.15) is 0 Å². The van der Waals surface area contributed by atoms with Crippen LogP contribution in [0.25, 0.3) is 0 Å². The molecule has 0 saturated heterocycles. The summed E-state index contributed by atoms with van der Waals surface area (Å²) in [4.78, 5) is 22.5. The van der Waals surface area contributed by atoms with Gasteiger partial charge in [-0.1, -0.05) is 29.8 Å². The molecule has 0 aliphatic rings. The minimum absolute atomic E-state index is 0.0341. The van der Waals surface area contributed by atoms with Crippen molar-refractivity contribution in [2.45, 2.75) is 18.9 Å². The molecule has 21 heavy (non-hydrogen) atoms. The number of benzene rings is 1. The number of hydrogen-bond donors (Lipinski definition) is 0. The Morgan fingerprint density at radius 3 is 2.71 bits per heavy atom. The lowest BCUT2D eigenvalue weighted by molar-refractivity contribution is -0.515. The fraction of sp³-hybridized carbons (Fsp3) is 0.429. The monoisotopic (exact) mass is 314 g/mol. The van der Waals surface area contributed by atoms with Gasteiger partial charge in [0, 0.05) is 17.1 Å². The number of rotatable bonds is 7. The maximum atomic E-state index is 11.9. The van der Waals surface area contributed by atoms with Crippen LogP contribution < -0.4 is 0 Å². The second-order valence-electron chi connectivity index (χ2n) is 4.36. The summed E-state index contributed by atoms with van der Waals surface area (Å²) in [6, 6.07) is 3.40. The van der Waals surface area contributed by atoms with Crippen molar-refractivity contribution in [2.24, 2.45) is 0 Å². The number of nitrogens with zero attached hydrogens (tertiary/aromatic N) is 1. The number of methoxy groups -OCH3 is 1. The topological polar surface area (TPSA) is 78.7 Å². The van der Waals surface area contributed by atoms with Gasteiger partial charge in [0.25, 0.3) is 0 Å². The number of carbonyl (C=O) groups is 1. The summed E-state index contributed by atoms with van der Waals surface area (Å²) in [5.74, 6) is -1.76. The van der Waals surface area contributed by atoms with E-state index in [1.165, 1.54) is 7.11 Å². The highest BCUT2D eigenvalue weighted by Gasteiger charge is 2.42. The maximum absolute atomic E-state index is 11.9. The highest BCUT2D eigenvalue weighted by molar-refractivity contribution is 6.32. The Morgan fingerprint density at radius 2 is 2.19 bits per heavy atom. The number of nitro groups is 1. The molecule has 0 heterocycles. The van der Waals surface area contributed by atoms with Gasteiger partial charge in [-0.05, 0) is 25.0 Å². The second kappa shape index (κ2) is 7.95. The Bertz CT molecular complexity index is 520. The van der Waals surface area contributed by atoms with E-state index >= 15 is 0 Å². The normalized spacial score (nSPS) is 13.5. The van der Waals surface area contributed by atoms with Gasteiger partial charge in [-0.15, -0.1) is 0 Å². The van der Waals surface area contributed by atoms with Gasteiger partial charge < -0.3 is 9.47 Å². The van der Waals surface area contributed by atoms with Crippen LogP contribution in [0.2, 0.25) is 5.02 Å². The number of esters is 1. The van der Waals surface area contributed by atoms with Crippen molar-refractivity contribution in [3.05, 3.63) is 51.4 Å². The van der Waals surface area contributed by atoms with Crippen LogP contribution in [0, 0.1) is 17.0 Å². The fourth-order valence-electron chi connectivity index (χ4n) is 2.04. The average molecular weight is 315 g/mol. The number of hydrogen-bond acceptors (Lipinski definition) is 5. The van der Waals surface area contributed by atoms with Gasteiger partial charge >= 0.3 is 12.0 Å². The second-order valence-corrected chi connectivity index (χ2v) is 4.74. The third-order valence-corrected chi connectivity index (χ3v) is 3.45. The molecule has 7 heteroatoms. The first kappa shape index (κ1) is 17.4. The van der Waals surface area contributed by atoms with E-state index in [4.69, 9.17) is 21.1 Å². The Balaban J connectivity index is 3.27. The van der Waals surface area contributed by atoms with Crippen LogP contribution in [-0.2, 0) is 14.3 Å². The lowest BCUT2D eigenvalue weighted by Crippen LogP contribution is -2.39. The van der Waals surface area contributed by atoms with Gasteiger partial charge in [-0.25, -0.2) is 4.79 Å². The fourth-order valence-corrected chi connectivity index (χ4v) is 2.31. The van der Waals surface area contributed by atoms with E-state index in [1.807, 2.05) is 0 Å². The smallest absolute Gasteiger partial charge is 0.382 e. The summed E-state index contributed by atoms with van der Waals surface area (Å²) in [5, 5.41) is 11.6. The Hall–Kier alpha value is -1.66. The first-order valence-corrected chi connectivity index (χ1v) is 6.71. The maximum Gasteiger partial charge on any atom is 0.382 e. The predicted molar refractivity (Wildman–Crippen MR) is 77.9 cm³/mol. The van der Waals surface area contributed by atoms with Crippen LogP contribution in [0.4, 0.5) is 0 Å². The van der Waals surface area contributed by atoms with Crippen LogP contribution in [0.3, 0.4) is 0 Å². The lowest BCUT2D eigenvalue weighted by atomic mass is 9.91. The van der Waals surface area contributed by atoms with E-state index < -0.39 is 22.9 Å².